The zero-order valence-electron chi connectivity index (χ0n) is 12.2. The molecule has 2 N–H and O–H groups in total. The number of nitrogens with zero attached hydrogens (tertiary/aromatic N) is 2. The van der Waals surface area contributed by atoms with Crippen LogP contribution in [-0.4, -0.2) is 30.5 Å². The van der Waals surface area contributed by atoms with Gasteiger partial charge in [-0.1, -0.05) is 19.1 Å². The van der Waals surface area contributed by atoms with Crippen LogP contribution in [0, 0.1) is 11.7 Å². The molecule has 0 amide bonds. The van der Waals surface area contributed by atoms with Crippen molar-refractivity contribution >= 4 is 5.96 Å². The number of rotatable bonds is 4. The van der Waals surface area contributed by atoms with Gasteiger partial charge in [-0.15, -0.1) is 0 Å². The maximum Gasteiger partial charge on any atom is 0.191 e. The summed E-state index contributed by atoms with van der Waals surface area (Å²) in [5.74, 6) is 1.29. The third-order valence-corrected chi connectivity index (χ3v) is 3.89. The van der Waals surface area contributed by atoms with Crippen LogP contribution in [0.2, 0.25) is 0 Å². The monoisotopic (exact) mass is 277 g/mol. The zero-order chi connectivity index (χ0) is 14.4. The number of halogens is 1. The summed E-state index contributed by atoms with van der Waals surface area (Å²) >= 11 is 0. The van der Waals surface area contributed by atoms with Gasteiger partial charge < -0.3 is 10.6 Å². The van der Waals surface area contributed by atoms with Crippen molar-refractivity contribution in [2.24, 2.45) is 16.6 Å². The van der Waals surface area contributed by atoms with Crippen molar-refractivity contribution in [1.82, 2.24) is 4.90 Å². The molecular weight excluding hydrogens is 253 g/mol. The van der Waals surface area contributed by atoms with Crippen LogP contribution in [0.3, 0.4) is 0 Å². The van der Waals surface area contributed by atoms with E-state index in [0.717, 1.165) is 37.4 Å². The lowest BCUT2D eigenvalue weighted by Gasteiger charge is -2.31. The van der Waals surface area contributed by atoms with Crippen LogP contribution < -0.4 is 5.73 Å². The molecule has 1 fully saturated rings. The summed E-state index contributed by atoms with van der Waals surface area (Å²) in [6.07, 6.45) is 4.12. The number of benzene rings is 1. The molecule has 2 rings (SSSR count). The quantitative estimate of drug-likeness (QED) is 0.522. The van der Waals surface area contributed by atoms with Crippen LogP contribution in [-0.2, 0) is 6.42 Å². The topological polar surface area (TPSA) is 41.6 Å². The van der Waals surface area contributed by atoms with Gasteiger partial charge in [0.05, 0.1) is 0 Å². The highest BCUT2D eigenvalue weighted by Crippen LogP contribution is 2.15. The molecule has 110 valence electrons. The van der Waals surface area contributed by atoms with Crippen LogP contribution in [0.1, 0.15) is 31.7 Å². The summed E-state index contributed by atoms with van der Waals surface area (Å²) in [6.45, 7) is 5.01. The Bertz CT molecular complexity index is 451. The summed E-state index contributed by atoms with van der Waals surface area (Å²) in [7, 11) is 0. The van der Waals surface area contributed by atoms with E-state index in [0.29, 0.717) is 12.5 Å². The van der Waals surface area contributed by atoms with E-state index in [4.69, 9.17) is 5.73 Å². The van der Waals surface area contributed by atoms with Crippen molar-refractivity contribution in [3.8, 4) is 0 Å². The van der Waals surface area contributed by atoms with Gasteiger partial charge in [-0.3, -0.25) is 4.99 Å². The highest BCUT2D eigenvalue weighted by molar-refractivity contribution is 5.78. The van der Waals surface area contributed by atoms with Gasteiger partial charge in [0, 0.05) is 19.6 Å². The maximum atomic E-state index is 13.0. The lowest BCUT2D eigenvalue weighted by Crippen LogP contribution is -2.42. The number of guanidine groups is 1. The van der Waals surface area contributed by atoms with E-state index < -0.39 is 0 Å². The molecule has 0 saturated carbocycles. The molecule has 20 heavy (non-hydrogen) atoms. The Morgan fingerprint density at radius 1 is 1.40 bits per heavy atom. The number of nitrogens with two attached hydrogens (primary N) is 1. The Hall–Kier alpha value is -1.58. The Balaban J connectivity index is 1.73. The van der Waals surface area contributed by atoms with Crippen LogP contribution in [0.15, 0.2) is 29.3 Å². The minimum absolute atomic E-state index is 0.173. The average Bonchev–Trinajstić information content (AvgIpc) is 2.44. The lowest BCUT2D eigenvalue weighted by atomic mass is 10.00. The second-order valence-corrected chi connectivity index (χ2v) is 5.64. The van der Waals surface area contributed by atoms with Gasteiger partial charge >= 0.3 is 0 Å². The van der Waals surface area contributed by atoms with Crippen molar-refractivity contribution in [3.05, 3.63) is 35.6 Å². The van der Waals surface area contributed by atoms with Gasteiger partial charge in [0.1, 0.15) is 5.82 Å². The number of aliphatic imine (C=N–C) groups is 1. The molecule has 0 bridgehead atoms. The minimum Gasteiger partial charge on any atom is -0.370 e. The third kappa shape index (κ3) is 4.51. The second-order valence-electron chi connectivity index (χ2n) is 5.64. The molecule has 1 saturated heterocycles. The summed E-state index contributed by atoms with van der Waals surface area (Å²) in [6, 6.07) is 6.75. The first kappa shape index (κ1) is 14.8. The highest BCUT2D eigenvalue weighted by atomic mass is 19.1. The zero-order valence-corrected chi connectivity index (χ0v) is 12.2. The van der Waals surface area contributed by atoms with Crippen molar-refractivity contribution in [3.63, 3.8) is 0 Å². The van der Waals surface area contributed by atoms with Gasteiger partial charge in [-0.2, -0.15) is 0 Å². The first-order chi connectivity index (χ1) is 9.65. The molecule has 0 atom stereocenters. The van der Waals surface area contributed by atoms with E-state index >= 15 is 0 Å². The minimum atomic E-state index is -0.173. The molecule has 0 aromatic heterocycles. The van der Waals surface area contributed by atoms with Crippen molar-refractivity contribution < 1.29 is 4.39 Å². The fourth-order valence-electron chi connectivity index (χ4n) is 2.51. The van der Waals surface area contributed by atoms with Crippen LogP contribution in [0.25, 0.3) is 0 Å². The molecule has 3 nitrogen and oxygen atoms in total. The molecule has 1 aromatic carbocycles. The molecule has 0 unspecified atom stereocenters. The summed E-state index contributed by atoms with van der Waals surface area (Å²) in [5, 5.41) is 0. The van der Waals surface area contributed by atoms with Gasteiger partial charge in [0.15, 0.2) is 5.96 Å². The van der Waals surface area contributed by atoms with Gasteiger partial charge in [0.2, 0.25) is 0 Å². The highest BCUT2D eigenvalue weighted by Gasteiger charge is 2.16. The van der Waals surface area contributed by atoms with Gasteiger partial charge in [0.25, 0.3) is 0 Å². The van der Waals surface area contributed by atoms with E-state index in [2.05, 4.69) is 16.8 Å². The fourth-order valence-corrected chi connectivity index (χ4v) is 2.51. The van der Waals surface area contributed by atoms with Crippen molar-refractivity contribution in [1.29, 1.82) is 0 Å². The van der Waals surface area contributed by atoms with E-state index in [-0.39, 0.29) is 5.82 Å². The Morgan fingerprint density at radius 2 is 2.15 bits per heavy atom. The summed E-state index contributed by atoms with van der Waals surface area (Å²) < 4.78 is 13.0. The van der Waals surface area contributed by atoms with Crippen molar-refractivity contribution in [2.75, 3.05) is 19.6 Å². The molecule has 4 heteroatoms. The predicted octanol–water partition coefficient (Wildman–Crippen LogP) is 2.80. The smallest absolute Gasteiger partial charge is 0.191 e. The number of piperidine rings is 1. The maximum absolute atomic E-state index is 13.0. The second kappa shape index (κ2) is 7.27. The number of aryl methyl sites for hydroxylation is 1. The van der Waals surface area contributed by atoms with Gasteiger partial charge in [-0.05, 0) is 49.3 Å². The average molecular weight is 277 g/mol. The van der Waals surface area contributed by atoms with E-state index in [1.807, 2.05) is 6.07 Å². The summed E-state index contributed by atoms with van der Waals surface area (Å²) in [5.41, 5.74) is 7.03. The number of hydrogen-bond acceptors (Lipinski definition) is 1. The van der Waals surface area contributed by atoms with E-state index in [1.165, 1.54) is 18.9 Å². The number of hydrogen-bond donors (Lipinski definition) is 1. The van der Waals surface area contributed by atoms with E-state index in [9.17, 15) is 4.39 Å². The van der Waals surface area contributed by atoms with E-state index in [1.54, 1.807) is 12.1 Å². The molecule has 1 aliphatic rings. The van der Waals surface area contributed by atoms with Crippen LogP contribution >= 0.6 is 0 Å². The molecular formula is C16H24FN3. The Morgan fingerprint density at radius 3 is 2.85 bits per heavy atom. The van der Waals surface area contributed by atoms with Crippen molar-refractivity contribution in [2.45, 2.75) is 32.6 Å². The molecule has 1 aromatic rings. The first-order valence-corrected chi connectivity index (χ1v) is 7.44. The molecule has 1 heterocycles. The Kier molecular flexibility index (Phi) is 5.39. The van der Waals surface area contributed by atoms with Crippen LogP contribution in [0.5, 0.6) is 0 Å². The third-order valence-electron chi connectivity index (χ3n) is 3.89. The first-order valence-electron chi connectivity index (χ1n) is 7.44. The predicted molar refractivity (Wildman–Crippen MR) is 81.2 cm³/mol. The van der Waals surface area contributed by atoms with Crippen LogP contribution in [0.4, 0.5) is 4.39 Å². The van der Waals surface area contributed by atoms with Gasteiger partial charge in [-0.25, -0.2) is 4.39 Å². The molecule has 1 aliphatic heterocycles. The SMILES string of the molecule is CC1CCN(C(N)=NCCCc2cccc(F)c2)CC1. The summed E-state index contributed by atoms with van der Waals surface area (Å²) in [4.78, 5) is 6.61. The standard InChI is InChI=1S/C16H24FN3/c1-13-7-10-20(11-8-13)16(18)19-9-3-5-14-4-2-6-15(17)12-14/h2,4,6,12-13H,3,5,7-11H2,1H3,(H2,18,19). The normalized spacial score (nSPS) is 17.5. The molecule has 0 aliphatic carbocycles. The molecule has 0 spiro atoms. The number of likely N-dealkylation sites (tertiary alicyclic amines) is 1. The largest absolute Gasteiger partial charge is 0.370 e. The fraction of sp³-hybridized carbons (Fsp3) is 0.562. The Labute approximate surface area is 120 Å². The molecule has 0 radical (unpaired) electrons. The lowest BCUT2D eigenvalue weighted by molar-refractivity contribution is 0.277.